The molecule has 41 heavy (non-hydrogen) atoms. The number of nitrogens with one attached hydrogen (secondary N) is 1. The average Bonchev–Trinajstić information content (AvgIpc) is 3.65. The fraction of sp³-hybridized carbons (Fsp3) is 0.586. The molecular formula is C29H37F2N5O4S. The Bertz CT molecular complexity index is 1270. The average molecular weight is 590 g/mol. The Hall–Kier alpha value is -2.96. The summed E-state index contributed by atoms with van der Waals surface area (Å²) >= 11 is 1.60. The van der Waals surface area contributed by atoms with Gasteiger partial charge >= 0.3 is 0 Å². The van der Waals surface area contributed by atoms with Gasteiger partial charge in [0.15, 0.2) is 10.9 Å². The molecule has 3 fully saturated rings. The Morgan fingerprint density at radius 2 is 1.83 bits per heavy atom. The van der Waals surface area contributed by atoms with Crippen LogP contribution in [0.2, 0.25) is 0 Å². The van der Waals surface area contributed by atoms with Crippen LogP contribution in [0.5, 0.6) is 0 Å². The number of alkyl halides is 2. The largest absolute Gasteiger partial charge is 0.367 e. The number of rotatable bonds is 7. The van der Waals surface area contributed by atoms with E-state index in [1.165, 1.54) is 4.90 Å². The van der Waals surface area contributed by atoms with E-state index in [2.05, 4.69) is 22.2 Å². The summed E-state index contributed by atoms with van der Waals surface area (Å²) in [4.78, 5) is 50.0. The van der Waals surface area contributed by atoms with Crippen LogP contribution in [0.25, 0.3) is 11.3 Å². The summed E-state index contributed by atoms with van der Waals surface area (Å²) in [5.41, 5.74) is 1.71. The van der Waals surface area contributed by atoms with Crippen molar-refractivity contribution in [3.63, 3.8) is 0 Å². The first-order chi connectivity index (χ1) is 19.4. The minimum absolute atomic E-state index is 0.270. The number of hydrogen-bond acceptors (Lipinski definition) is 8. The molecule has 0 bridgehead atoms. The Kier molecular flexibility index (Phi) is 8.45. The number of piperazine rings is 1. The molecule has 1 N–H and O–H groups in total. The maximum Gasteiger partial charge on any atom is 0.251 e. The second kappa shape index (κ2) is 11.7. The predicted molar refractivity (Wildman–Crippen MR) is 152 cm³/mol. The van der Waals surface area contributed by atoms with Crippen LogP contribution in [0.4, 0.5) is 13.9 Å². The fourth-order valence-electron chi connectivity index (χ4n) is 5.73. The molecule has 0 spiro atoms. The number of fused-ring (bicyclic) bond motifs is 1. The number of carbonyl (C=O) groups excluding carboxylic acids is 3. The van der Waals surface area contributed by atoms with Gasteiger partial charge in [0.1, 0.15) is 18.7 Å². The van der Waals surface area contributed by atoms with Crippen molar-refractivity contribution in [2.24, 2.45) is 11.3 Å². The number of nitrogens with zero attached hydrogens (tertiary/aromatic N) is 4. The van der Waals surface area contributed by atoms with E-state index < -0.39 is 42.3 Å². The molecule has 3 aliphatic rings. The number of Topliss-reactive ketones (excluding diaryl/α,β-unsaturated/α-hetero) is 1. The Labute approximate surface area is 242 Å². The van der Waals surface area contributed by atoms with Gasteiger partial charge in [0.25, 0.3) is 5.91 Å². The van der Waals surface area contributed by atoms with Gasteiger partial charge in [-0.15, -0.1) is 11.3 Å². The fourth-order valence-corrected chi connectivity index (χ4v) is 6.62. The van der Waals surface area contributed by atoms with Crippen molar-refractivity contribution in [3.8, 4) is 11.3 Å². The number of ether oxygens (including phenoxy) is 1. The lowest BCUT2D eigenvalue weighted by molar-refractivity contribution is -0.138. The van der Waals surface area contributed by atoms with Gasteiger partial charge in [0, 0.05) is 49.2 Å². The third-order valence-corrected chi connectivity index (χ3v) is 8.86. The van der Waals surface area contributed by atoms with Gasteiger partial charge in [-0.25, -0.2) is 13.8 Å². The maximum absolute atomic E-state index is 13.7. The maximum atomic E-state index is 13.7. The smallest absolute Gasteiger partial charge is 0.251 e. The molecule has 1 aromatic carbocycles. The zero-order valence-electron chi connectivity index (χ0n) is 23.8. The highest BCUT2D eigenvalue weighted by Crippen LogP contribution is 2.36. The molecule has 12 heteroatoms. The van der Waals surface area contributed by atoms with Crippen molar-refractivity contribution in [1.29, 1.82) is 0 Å². The predicted octanol–water partition coefficient (Wildman–Crippen LogP) is 3.16. The first kappa shape index (κ1) is 29.5. The Morgan fingerprint density at radius 3 is 2.46 bits per heavy atom. The van der Waals surface area contributed by atoms with E-state index in [0.29, 0.717) is 5.56 Å². The minimum Gasteiger partial charge on any atom is -0.367 e. The van der Waals surface area contributed by atoms with Gasteiger partial charge in [-0.3, -0.25) is 14.4 Å². The third-order valence-electron chi connectivity index (χ3n) is 7.96. The molecule has 5 rings (SSSR count). The van der Waals surface area contributed by atoms with Crippen molar-refractivity contribution in [2.75, 3.05) is 51.3 Å². The first-order valence-corrected chi connectivity index (χ1v) is 14.8. The highest BCUT2D eigenvalue weighted by Gasteiger charge is 2.55. The molecule has 4 atom stereocenters. The van der Waals surface area contributed by atoms with Gasteiger partial charge in [-0.05, 0) is 31.0 Å². The summed E-state index contributed by atoms with van der Waals surface area (Å²) in [5.74, 6) is -2.62. The van der Waals surface area contributed by atoms with E-state index >= 15 is 0 Å². The van der Waals surface area contributed by atoms with Crippen LogP contribution in [0.3, 0.4) is 0 Å². The standard InChI is InChI=1S/C29H37F2N5O4S/c1-29(2,3)13-20(27(39)36-14-19(25(30)31)24-23(36)22(37)15-40-24)32-26(38)18-7-5-17(6-8-18)21-16-41-28(33-21)35-11-9-34(4)10-12-35/h5-8,16,19-20,23-25H,9-15H2,1-4H3,(H,32,38)/t19-,20?,23+,24+/m0/s1. The topological polar surface area (TPSA) is 95.1 Å². The number of ketones is 1. The highest BCUT2D eigenvalue weighted by atomic mass is 32.1. The number of hydrogen-bond donors (Lipinski definition) is 1. The molecule has 222 valence electrons. The summed E-state index contributed by atoms with van der Waals surface area (Å²) in [6.45, 7) is 9.05. The number of likely N-dealkylation sites (tertiary alicyclic amines) is 1. The van der Waals surface area contributed by atoms with Crippen molar-refractivity contribution in [3.05, 3.63) is 35.2 Å². The second-order valence-electron chi connectivity index (χ2n) is 12.3. The van der Waals surface area contributed by atoms with Gasteiger partial charge in [-0.2, -0.15) is 0 Å². The number of likely N-dealkylation sites (N-methyl/N-ethyl adjacent to an activating group) is 1. The van der Waals surface area contributed by atoms with Gasteiger partial charge in [0.05, 0.1) is 17.7 Å². The van der Waals surface area contributed by atoms with E-state index in [9.17, 15) is 23.2 Å². The molecule has 2 amide bonds. The van der Waals surface area contributed by atoms with Crippen molar-refractivity contribution < 1.29 is 27.9 Å². The summed E-state index contributed by atoms with van der Waals surface area (Å²) in [6, 6.07) is 4.98. The monoisotopic (exact) mass is 589 g/mol. The quantitative estimate of drug-likeness (QED) is 0.530. The lowest BCUT2D eigenvalue weighted by Gasteiger charge is -2.32. The molecule has 1 unspecified atom stereocenters. The molecule has 0 radical (unpaired) electrons. The van der Waals surface area contributed by atoms with Crippen LogP contribution in [-0.2, 0) is 14.3 Å². The van der Waals surface area contributed by atoms with Crippen LogP contribution < -0.4 is 10.2 Å². The second-order valence-corrected chi connectivity index (χ2v) is 13.2. The van der Waals surface area contributed by atoms with Crippen LogP contribution >= 0.6 is 11.3 Å². The summed E-state index contributed by atoms with van der Waals surface area (Å²) in [6.07, 6.45) is -3.48. The van der Waals surface area contributed by atoms with Crippen molar-refractivity contribution in [1.82, 2.24) is 20.1 Å². The van der Waals surface area contributed by atoms with Gasteiger partial charge in [0.2, 0.25) is 12.3 Å². The molecular weight excluding hydrogens is 552 g/mol. The van der Waals surface area contributed by atoms with Crippen LogP contribution in [0.15, 0.2) is 29.6 Å². The lowest BCUT2D eigenvalue weighted by atomic mass is 9.87. The van der Waals surface area contributed by atoms with E-state index in [4.69, 9.17) is 9.72 Å². The number of benzene rings is 1. The number of thiazole rings is 1. The molecule has 3 saturated heterocycles. The van der Waals surface area contributed by atoms with E-state index in [1.807, 2.05) is 38.3 Å². The number of aromatic nitrogens is 1. The van der Waals surface area contributed by atoms with E-state index in [-0.39, 0.29) is 30.8 Å². The van der Waals surface area contributed by atoms with Crippen LogP contribution in [0.1, 0.15) is 37.6 Å². The summed E-state index contributed by atoms with van der Waals surface area (Å²) in [7, 11) is 2.11. The molecule has 0 saturated carbocycles. The molecule has 0 aliphatic carbocycles. The normalized spacial score (nSPS) is 24.2. The zero-order chi connectivity index (χ0) is 29.5. The summed E-state index contributed by atoms with van der Waals surface area (Å²) in [5, 5.41) is 5.80. The lowest BCUT2D eigenvalue weighted by Crippen LogP contribution is -2.53. The van der Waals surface area contributed by atoms with Gasteiger partial charge < -0.3 is 24.8 Å². The number of anilines is 1. The van der Waals surface area contributed by atoms with Gasteiger partial charge in [-0.1, -0.05) is 32.9 Å². The zero-order valence-corrected chi connectivity index (χ0v) is 24.6. The van der Waals surface area contributed by atoms with Crippen LogP contribution in [0, 0.1) is 11.3 Å². The number of carbonyl (C=O) groups is 3. The Balaban J connectivity index is 1.29. The molecule has 1 aromatic heterocycles. The molecule has 9 nitrogen and oxygen atoms in total. The van der Waals surface area contributed by atoms with E-state index in [0.717, 1.165) is 42.6 Å². The molecule has 3 aliphatic heterocycles. The van der Waals surface area contributed by atoms with E-state index in [1.54, 1.807) is 23.5 Å². The number of halogens is 2. The van der Waals surface area contributed by atoms with Crippen LogP contribution in [-0.4, -0.2) is 103 Å². The van der Waals surface area contributed by atoms with Crippen molar-refractivity contribution in [2.45, 2.75) is 51.8 Å². The number of amides is 2. The molecule has 4 heterocycles. The van der Waals surface area contributed by atoms with Crippen molar-refractivity contribution >= 4 is 34.1 Å². The third kappa shape index (κ3) is 6.44. The highest BCUT2D eigenvalue weighted by molar-refractivity contribution is 7.14. The summed E-state index contributed by atoms with van der Waals surface area (Å²) < 4.78 is 32.8. The SMILES string of the molecule is CN1CCN(c2nc(-c3ccc(C(=O)NC(CC(C)(C)C)C(=O)N4C[C@H](C(F)F)[C@H]5OCC(=O)[C@H]54)cc3)cs2)CC1. The first-order valence-electron chi connectivity index (χ1n) is 13.9. The minimum atomic E-state index is -2.73. The molecule has 2 aromatic rings. The Morgan fingerprint density at radius 1 is 1.15 bits per heavy atom.